The van der Waals surface area contributed by atoms with Crippen LogP contribution in [0.3, 0.4) is 0 Å². The summed E-state index contributed by atoms with van der Waals surface area (Å²) in [5, 5.41) is 2.96. The molecular weight excluding hydrogens is 200 g/mol. The quantitative estimate of drug-likeness (QED) is 0.793. The van der Waals surface area contributed by atoms with Gasteiger partial charge in [-0.05, 0) is 30.0 Å². The van der Waals surface area contributed by atoms with Crippen molar-refractivity contribution in [2.24, 2.45) is 11.7 Å². The molecule has 1 amide bonds. The Bertz CT molecular complexity index is 389. The molecule has 16 heavy (non-hydrogen) atoms. The van der Waals surface area contributed by atoms with Crippen molar-refractivity contribution in [1.82, 2.24) is 5.32 Å². The van der Waals surface area contributed by atoms with Gasteiger partial charge in [-0.2, -0.15) is 0 Å². The van der Waals surface area contributed by atoms with E-state index in [4.69, 9.17) is 5.73 Å². The van der Waals surface area contributed by atoms with Gasteiger partial charge < -0.3 is 11.1 Å². The molecule has 86 valence electrons. The van der Waals surface area contributed by atoms with Crippen LogP contribution in [0.4, 0.5) is 0 Å². The third-order valence-corrected chi connectivity index (χ3v) is 3.20. The second-order valence-electron chi connectivity index (χ2n) is 4.54. The van der Waals surface area contributed by atoms with Crippen LogP contribution in [0, 0.1) is 5.92 Å². The number of rotatable bonds is 4. The number of carbonyl (C=O) groups is 1. The van der Waals surface area contributed by atoms with Gasteiger partial charge in [-0.15, -0.1) is 0 Å². The van der Waals surface area contributed by atoms with E-state index in [9.17, 15) is 4.79 Å². The van der Waals surface area contributed by atoms with E-state index in [-0.39, 0.29) is 11.8 Å². The lowest BCUT2D eigenvalue weighted by atomic mass is 9.77. The summed E-state index contributed by atoms with van der Waals surface area (Å²) in [5.41, 5.74) is 7.99. The number of nitrogens with one attached hydrogen (secondary N) is 1. The zero-order valence-electron chi connectivity index (χ0n) is 9.57. The topological polar surface area (TPSA) is 55.1 Å². The number of carbonyl (C=O) groups excluding carboxylic acids is 1. The molecule has 0 bridgehead atoms. The zero-order chi connectivity index (χ0) is 11.5. The van der Waals surface area contributed by atoms with Crippen molar-refractivity contribution < 1.29 is 4.79 Å². The van der Waals surface area contributed by atoms with E-state index >= 15 is 0 Å². The van der Waals surface area contributed by atoms with Crippen molar-refractivity contribution in [2.75, 3.05) is 13.1 Å². The monoisotopic (exact) mass is 218 g/mol. The molecule has 2 atom stereocenters. The van der Waals surface area contributed by atoms with Gasteiger partial charge >= 0.3 is 0 Å². The Morgan fingerprint density at radius 1 is 1.56 bits per heavy atom. The van der Waals surface area contributed by atoms with Crippen molar-refractivity contribution in [3.05, 3.63) is 35.4 Å². The van der Waals surface area contributed by atoms with Crippen LogP contribution in [0.15, 0.2) is 24.3 Å². The molecule has 2 unspecified atom stereocenters. The molecule has 0 saturated carbocycles. The van der Waals surface area contributed by atoms with E-state index in [0.29, 0.717) is 19.0 Å². The minimum atomic E-state index is 0.0566. The largest absolute Gasteiger partial charge is 0.355 e. The molecule has 3 heteroatoms. The summed E-state index contributed by atoms with van der Waals surface area (Å²) in [6.45, 7) is 3.32. The highest BCUT2D eigenvalue weighted by Crippen LogP contribution is 2.34. The molecule has 0 heterocycles. The lowest BCUT2D eigenvalue weighted by molar-refractivity contribution is -0.123. The molecule has 1 aliphatic carbocycles. The standard InChI is InChI=1S/C13H18N2O/c1-9(7-14)8-15-13(16)12-6-10-4-2-3-5-11(10)12/h2-5,9,12H,6-8,14H2,1H3,(H,15,16). The van der Waals surface area contributed by atoms with Crippen LogP contribution in [0.25, 0.3) is 0 Å². The predicted molar refractivity (Wildman–Crippen MR) is 64.1 cm³/mol. The van der Waals surface area contributed by atoms with Crippen LogP contribution < -0.4 is 11.1 Å². The van der Waals surface area contributed by atoms with Gasteiger partial charge in [0.2, 0.25) is 5.91 Å². The van der Waals surface area contributed by atoms with Crippen LogP contribution in [-0.2, 0) is 11.2 Å². The van der Waals surface area contributed by atoms with E-state index in [1.807, 2.05) is 25.1 Å². The first-order chi connectivity index (χ1) is 7.72. The van der Waals surface area contributed by atoms with Crippen molar-refractivity contribution in [3.8, 4) is 0 Å². The number of hydrogen-bond acceptors (Lipinski definition) is 2. The number of amides is 1. The Morgan fingerprint density at radius 3 is 3.00 bits per heavy atom. The maximum Gasteiger partial charge on any atom is 0.227 e. The van der Waals surface area contributed by atoms with Gasteiger partial charge in [0, 0.05) is 6.54 Å². The summed E-state index contributed by atoms with van der Waals surface area (Å²) in [4.78, 5) is 11.9. The first-order valence-electron chi connectivity index (χ1n) is 5.78. The highest BCUT2D eigenvalue weighted by molar-refractivity contribution is 5.86. The number of hydrogen-bond donors (Lipinski definition) is 2. The number of nitrogens with two attached hydrogens (primary N) is 1. The third-order valence-electron chi connectivity index (χ3n) is 3.20. The molecule has 2 rings (SSSR count). The van der Waals surface area contributed by atoms with E-state index in [1.165, 1.54) is 11.1 Å². The van der Waals surface area contributed by atoms with Crippen molar-refractivity contribution >= 4 is 5.91 Å². The Labute approximate surface area is 96.0 Å². The maximum absolute atomic E-state index is 11.9. The Hall–Kier alpha value is -1.35. The molecule has 1 aromatic rings. The summed E-state index contributed by atoms with van der Waals surface area (Å²) >= 11 is 0. The molecule has 3 N–H and O–H groups in total. The molecule has 3 nitrogen and oxygen atoms in total. The molecule has 0 fully saturated rings. The highest BCUT2D eigenvalue weighted by atomic mass is 16.1. The molecule has 0 spiro atoms. The van der Waals surface area contributed by atoms with Crippen LogP contribution in [-0.4, -0.2) is 19.0 Å². The lowest BCUT2D eigenvalue weighted by Gasteiger charge is -2.29. The van der Waals surface area contributed by atoms with Crippen molar-refractivity contribution in [1.29, 1.82) is 0 Å². The second-order valence-corrected chi connectivity index (χ2v) is 4.54. The lowest BCUT2D eigenvalue weighted by Crippen LogP contribution is -2.38. The second kappa shape index (κ2) is 4.66. The summed E-state index contributed by atoms with van der Waals surface area (Å²) in [7, 11) is 0. The fraction of sp³-hybridized carbons (Fsp3) is 0.462. The fourth-order valence-electron chi connectivity index (χ4n) is 1.97. The molecule has 1 aliphatic rings. The van der Waals surface area contributed by atoms with Gasteiger partial charge in [0.25, 0.3) is 0 Å². The molecule has 0 aromatic heterocycles. The SMILES string of the molecule is CC(CN)CNC(=O)C1Cc2ccccc21. The van der Waals surface area contributed by atoms with Gasteiger partial charge in [0.05, 0.1) is 5.92 Å². The van der Waals surface area contributed by atoms with Crippen molar-refractivity contribution in [2.45, 2.75) is 19.3 Å². The van der Waals surface area contributed by atoms with Crippen LogP contribution in [0.1, 0.15) is 24.0 Å². The highest BCUT2D eigenvalue weighted by Gasteiger charge is 2.31. The fourth-order valence-corrected chi connectivity index (χ4v) is 1.97. The minimum absolute atomic E-state index is 0.0566. The molecular formula is C13H18N2O. The average molecular weight is 218 g/mol. The third kappa shape index (κ3) is 2.09. The zero-order valence-corrected chi connectivity index (χ0v) is 9.57. The smallest absolute Gasteiger partial charge is 0.227 e. The molecule has 0 saturated heterocycles. The van der Waals surface area contributed by atoms with Crippen LogP contribution in [0.2, 0.25) is 0 Å². The van der Waals surface area contributed by atoms with Gasteiger partial charge in [-0.25, -0.2) is 0 Å². The molecule has 0 aliphatic heterocycles. The molecule has 1 aromatic carbocycles. The van der Waals surface area contributed by atoms with E-state index < -0.39 is 0 Å². The first kappa shape index (κ1) is 11.1. The van der Waals surface area contributed by atoms with E-state index in [2.05, 4.69) is 11.4 Å². The average Bonchev–Trinajstić information content (AvgIpc) is 2.27. The van der Waals surface area contributed by atoms with E-state index in [1.54, 1.807) is 0 Å². The predicted octanol–water partition coefficient (Wildman–Crippen LogP) is 1.04. The van der Waals surface area contributed by atoms with Gasteiger partial charge in [-0.1, -0.05) is 31.2 Å². The summed E-state index contributed by atoms with van der Waals surface area (Å²) in [6, 6.07) is 8.13. The summed E-state index contributed by atoms with van der Waals surface area (Å²) in [6.07, 6.45) is 0.874. The Balaban J connectivity index is 1.90. The molecule has 0 radical (unpaired) electrons. The Morgan fingerprint density at radius 2 is 2.31 bits per heavy atom. The minimum Gasteiger partial charge on any atom is -0.355 e. The van der Waals surface area contributed by atoms with Gasteiger partial charge in [-0.3, -0.25) is 4.79 Å². The normalized spacial score (nSPS) is 19.5. The summed E-state index contributed by atoms with van der Waals surface area (Å²) < 4.78 is 0. The van der Waals surface area contributed by atoms with Crippen molar-refractivity contribution in [3.63, 3.8) is 0 Å². The van der Waals surface area contributed by atoms with Crippen LogP contribution in [0.5, 0.6) is 0 Å². The Kier molecular flexibility index (Phi) is 3.25. The number of fused-ring (bicyclic) bond motifs is 1. The maximum atomic E-state index is 11.9. The summed E-state index contributed by atoms with van der Waals surface area (Å²) in [5.74, 6) is 0.541. The van der Waals surface area contributed by atoms with Crippen LogP contribution >= 0.6 is 0 Å². The van der Waals surface area contributed by atoms with Gasteiger partial charge in [0.15, 0.2) is 0 Å². The van der Waals surface area contributed by atoms with E-state index in [0.717, 1.165) is 6.42 Å². The van der Waals surface area contributed by atoms with Gasteiger partial charge in [0.1, 0.15) is 0 Å². The number of benzene rings is 1. The first-order valence-corrected chi connectivity index (χ1v) is 5.78.